The van der Waals surface area contributed by atoms with Crippen molar-refractivity contribution >= 4 is 40.0 Å². The number of nitrogens with zero attached hydrogens (tertiary/aromatic N) is 2. The van der Waals surface area contributed by atoms with Crippen molar-refractivity contribution in [1.29, 1.82) is 0 Å². The SMILES string of the molecule is O=C(NNC(=O)c1csc(C2CCN(C(=O)c3cc4ccccc4o3)CC2)n1)c1cc(F)cc(F)c1. The van der Waals surface area contributed by atoms with Gasteiger partial charge in [-0.2, -0.15) is 0 Å². The summed E-state index contributed by atoms with van der Waals surface area (Å²) in [4.78, 5) is 43.4. The molecule has 0 radical (unpaired) electrons. The van der Waals surface area contributed by atoms with Crippen LogP contribution in [0.1, 0.15) is 55.2 Å². The standard InChI is InChI=1S/C25H20F2N4O4S/c26-17-9-16(10-18(27)12-17)22(32)29-30-23(33)19-13-36-24(28-19)14-5-7-31(8-6-14)25(34)21-11-15-3-1-2-4-20(15)35-21/h1-4,9-14H,5-8H2,(H,29,32)(H,30,33). The summed E-state index contributed by atoms with van der Waals surface area (Å²) in [5, 5.41) is 3.21. The zero-order chi connectivity index (χ0) is 25.2. The zero-order valence-electron chi connectivity index (χ0n) is 18.8. The molecule has 2 aromatic carbocycles. The average molecular weight is 511 g/mol. The first kappa shape index (κ1) is 23.6. The van der Waals surface area contributed by atoms with Crippen LogP contribution < -0.4 is 10.9 Å². The van der Waals surface area contributed by atoms with Crippen molar-refractivity contribution in [1.82, 2.24) is 20.7 Å². The molecule has 5 rings (SSSR count). The van der Waals surface area contributed by atoms with Gasteiger partial charge in [0.1, 0.15) is 22.9 Å². The molecule has 1 fully saturated rings. The third kappa shape index (κ3) is 4.96. The monoisotopic (exact) mass is 510 g/mol. The number of thiazole rings is 1. The van der Waals surface area contributed by atoms with E-state index in [2.05, 4.69) is 15.8 Å². The van der Waals surface area contributed by atoms with E-state index in [1.54, 1.807) is 16.3 Å². The van der Waals surface area contributed by atoms with Crippen molar-refractivity contribution in [2.45, 2.75) is 18.8 Å². The van der Waals surface area contributed by atoms with Crippen LogP contribution in [0.4, 0.5) is 8.78 Å². The lowest BCUT2D eigenvalue weighted by Crippen LogP contribution is -2.41. The van der Waals surface area contributed by atoms with Gasteiger partial charge in [-0.1, -0.05) is 18.2 Å². The molecule has 0 atom stereocenters. The van der Waals surface area contributed by atoms with E-state index >= 15 is 0 Å². The van der Waals surface area contributed by atoms with Crippen molar-refractivity contribution in [2.24, 2.45) is 0 Å². The summed E-state index contributed by atoms with van der Waals surface area (Å²) in [6, 6.07) is 11.6. The van der Waals surface area contributed by atoms with Gasteiger partial charge in [-0.05, 0) is 37.1 Å². The van der Waals surface area contributed by atoms with E-state index in [-0.39, 0.29) is 23.1 Å². The fraction of sp³-hybridized carbons (Fsp3) is 0.200. The number of nitrogens with one attached hydrogen (secondary N) is 2. The van der Waals surface area contributed by atoms with Gasteiger partial charge in [0.2, 0.25) is 0 Å². The highest BCUT2D eigenvalue weighted by atomic mass is 32.1. The Hall–Kier alpha value is -4.12. The van der Waals surface area contributed by atoms with Gasteiger partial charge in [0.15, 0.2) is 5.76 Å². The summed E-state index contributed by atoms with van der Waals surface area (Å²) in [5.74, 6) is -3.08. The normalized spacial score (nSPS) is 14.1. The minimum absolute atomic E-state index is 0.0844. The van der Waals surface area contributed by atoms with Gasteiger partial charge in [-0.15, -0.1) is 11.3 Å². The number of rotatable bonds is 4. The topological polar surface area (TPSA) is 105 Å². The number of carbonyl (C=O) groups excluding carboxylic acids is 3. The molecule has 8 nitrogen and oxygen atoms in total. The lowest BCUT2D eigenvalue weighted by Gasteiger charge is -2.30. The number of carbonyl (C=O) groups is 3. The Labute approximate surface area is 207 Å². The minimum atomic E-state index is -0.902. The van der Waals surface area contributed by atoms with E-state index < -0.39 is 23.4 Å². The molecule has 3 amide bonds. The molecule has 11 heteroatoms. The summed E-state index contributed by atoms with van der Waals surface area (Å²) in [5.41, 5.74) is 4.84. The molecule has 4 aromatic rings. The molecule has 36 heavy (non-hydrogen) atoms. The van der Waals surface area contributed by atoms with Gasteiger partial charge in [0.25, 0.3) is 17.7 Å². The quantitative estimate of drug-likeness (QED) is 0.399. The molecule has 2 aromatic heterocycles. The van der Waals surface area contributed by atoms with Crippen LogP contribution in [0, 0.1) is 11.6 Å². The van der Waals surface area contributed by atoms with E-state index in [1.165, 1.54) is 11.3 Å². The van der Waals surface area contributed by atoms with Crippen molar-refractivity contribution < 1.29 is 27.6 Å². The Morgan fingerprint density at radius 3 is 2.39 bits per heavy atom. The smallest absolute Gasteiger partial charge is 0.289 e. The predicted octanol–water partition coefficient (Wildman–Crippen LogP) is 4.26. The van der Waals surface area contributed by atoms with Gasteiger partial charge >= 0.3 is 0 Å². The van der Waals surface area contributed by atoms with E-state index in [4.69, 9.17) is 4.42 Å². The Kier molecular flexibility index (Phi) is 6.47. The van der Waals surface area contributed by atoms with E-state index in [1.807, 2.05) is 24.3 Å². The van der Waals surface area contributed by atoms with Crippen LogP contribution in [0.3, 0.4) is 0 Å². The summed E-state index contributed by atoms with van der Waals surface area (Å²) in [7, 11) is 0. The Morgan fingerprint density at radius 2 is 1.67 bits per heavy atom. The number of benzene rings is 2. The lowest BCUT2D eigenvalue weighted by molar-refractivity contribution is 0.0683. The number of furan rings is 1. The predicted molar refractivity (Wildman–Crippen MR) is 127 cm³/mol. The fourth-order valence-electron chi connectivity index (χ4n) is 4.09. The second-order valence-corrected chi connectivity index (χ2v) is 9.24. The highest BCUT2D eigenvalue weighted by molar-refractivity contribution is 7.09. The highest BCUT2D eigenvalue weighted by Gasteiger charge is 2.28. The van der Waals surface area contributed by atoms with Crippen LogP contribution in [0.2, 0.25) is 0 Å². The summed E-state index contributed by atoms with van der Waals surface area (Å²) in [6.07, 6.45) is 1.37. The molecule has 0 aliphatic carbocycles. The second kappa shape index (κ2) is 9.86. The second-order valence-electron chi connectivity index (χ2n) is 8.35. The number of para-hydroxylation sites is 1. The number of halogens is 2. The van der Waals surface area contributed by atoms with E-state index in [0.29, 0.717) is 43.3 Å². The number of fused-ring (bicyclic) bond motifs is 1. The average Bonchev–Trinajstić information content (AvgIpc) is 3.54. The van der Waals surface area contributed by atoms with Gasteiger partial charge in [0.05, 0.1) is 5.01 Å². The summed E-state index contributed by atoms with van der Waals surface area (Å²) >= 11 is 1.32. The Morgan fingerprint density at radius 1 is 0.972 bits per heavy atom. The molecule has 0 spiro atoms. The number of hydrogen-bond donors (Lipinski definition) is 2. The molecule has 0 unspecified atom stereocenters. The maximum atomic E-state index is 13.3. The van der Waals surface area contributed by atoms with Crippen LogP contribution in [-0.2, 0) is 0 Å². The zero-order valence-corrected chi connectivity index (χ0v) is 19.6. The van der Waals surface area contributed by atoms with E-state index in [0.717, 1.165) is 22.5 Å². The Bertz CT molecular complexity index is 1410. The van der Waals surface area contributed by atoms with Crippen molar-refractivity contribution in [3.63, 3.8) is 0 Å². The molecule has 184 valence electrons. The molecule has 1 saturated heterocycles. The number of piperidine rings is 1. The van der Waals surface area contributed by atoms with Crippen LogP contribution in [0.5, 0.6) is 0 Å². The first-order valence-electron chi connectivity index (χ1n) is 11.2. The van der Waals surface area contributed by atoms with Crippen LogP contribution in [0.25, 0.3) is 11.0 Å². The molecule has 0 saturated carbocycles. The van der Waals surface area contributed by atoms with Gasteiger partial charge in [-0.25, -0.2) is 13.8 Å². The molecule has 0 bridgehead atoms. The van der Waals surface area contributed by atoms with Gasteiger partial charge in [-0.3, -0.25) is 25.2 Å². The first-order valence-corrected chi connectivity index (χ1v) is 12.1. The van der Waals surface area contributed by atoms with Gasteiger partial charge in [0, 0.05) is 41.4 Å². The van der Waals surface area contributed by atoms with Crippen molar-refractivity contribution in [3.05, 3.63) is 87.6 Å². The molecular formula is C25H20F2N4O4S. The molecule has 1 aliphatic rings. The Balaban J connectivity index is 1.15. The maximum absolute atomic E-state index is 13.3. The van der Waals surface area contributed by atoms with Gasteiger partial charge < -0.3 is 9.32 Å². The largest absolute Gasteiger partial charge is 0.451 e. The first-order chi connectivity index (χ1) is 17.4. The number of amides is 3. The minimum Gasteiger partial charge on any atom is -0.451 e. The number of hydrogen-bond acceptors (Lipinski definition) is 6. The third-order valence-corrected chi connectivity index (χ3v) is 6.94. The molecule has 2 N–H and O–H groups in total. The molecular weight excluding hydrogens is 490 g/mol. The maximum Gasteiger partial charge on any atom is 0.289 e. The van der Waals surface area contributed by atoms with E-state index in [9.17, 15) is 23.2 Å². The lowest BCUT2D eigenvalue weighted by atomic mass is 9.97. The third-order valence-electron chi connectivity index (χ3n) is 5.94. The number of likely N-dealkylation sites (tertiary alicyclic amines) is 1. The number of hydrazine groups is 1. The highest BCUT2D eigenvalue weighted by Crippen LogP contribution is 2.31. The van der Waals surface area contributed by atoms with Crippen LogP contribution >= 0.6 is 11.3 Å². The molecule has 1 aliphatic heterocycles. The van der Waals surface area contributed by atoms with Crippen LogP contribution in [0.15, 0.2) is 58.3 Å². The van der Waals surface area contributed by atoms with Crippen LogP contribution in [-0.4, -0.2) is 40.7 Å². The number of aromatic nitrogens is 1. The molecule has 3 heterocycles. The van der Waals surface area contributed by atoms with Crippen molar-refractivity contribution in [3.8, 4) is 0 Å². The fourth-order valence-corrected chi connectivity index (χ4v) is 5.06. The summed E-state index contributed by atoms with van der Waals surface area (Å²) < 4.78 is 32.3. The summed E-state index contributed by atoms with van der Waals surface area (Å²) in [6.45, 7) is 1.06. The van der Waals surface area contributed by atoms with Crippen molar-refractivity contribution in [2.75, 3.05) is 13.1 Å².